The smallest absolute Gasteiger partial charge is 0.416 e. The van der Waals surface area contributed by atoms with Gasteiger partial charge in [-0.1, -0.05) is 55.3 Å². The molecule has 3 aromatic rings. The van der Waals surface area contributed by atoms with Gasteiger partial charge in [0.1, 0.15) is 0 Å². The number of rotatable bonds is 6. The number of nitrogens with one attached hydrogen (secondary N) is 2. The van der Waals surface area contributed by atoms with E-state index >= 15 is 0 Å². The first kappa shape index (κ1) is 27.7. The van der Waals surface area contributed by atoms with Gasteiger partial charge in [-0.3, -0.25) is 4.79 Å². The van der Waals surface area contributed by atoms with Crippen LogP contribution >= 0.6 is 0 Å². The number of nitrogens with zero attached hydrogens (tertiary/aromatic N) is 3. The van der Waals surface area contributed by atoms with Crippen molar-refractivity contribution in [3.8, 4) is 11.3 Å². The molecule has 8 nitrogen and oxygen atoms in total. The zero-order valence-electron chi connectivity index (χ0n) is 21.9. The van der Waals surface area contributed by atoms with Gasteiger partial charge in [0.2, 0.25) is 0 Å². The predicted molar refractivity (Wildman–Crippen MR) is 143 cm³/mol. The molecule has 2 heterocycles. The van der Waals surface area contributed by atoms with E-state index in [4.69, 9.17) is 0 Å². The molecule has 1 aromatic heterocycles. The summed E-state index contributed by atoms with van der Waals surface area (Å²) in [5.74, 6) is -0.255. The first-order valence-corrected chi connectivity index (χ1v) is 13.5. The van der Waals surface area contributed by atoms with Crippen molar-refractivity contribution in [1.82, 2.24) is 25.1 Å². The van der Waals surface area contributed by atoms with Crippen molar-refractivity contribution in [1.29, 1.82) is 0 Å². The van der Waals surface area contributed by atoms with Gasteiger partial charge in [0, 0.05) is 31.2 Å². The molecule has 3 atom stereocenters. The van der Waals surface area contributed by atoms with Gasteiger partial charge in [-0.25, -0.2) is 9.78 Å². The topological polar surface area (TPSA) is 99.5 Å². The highest BCUT2D eigenvalue weighted by atomic mass is 19.4. The number of halogens is 3. The predicted octanol–water partition coefficient (Wildman–Crippen LogP) is 4.98. The third-order valence-electron chi connectivity index (χ3n) is 7.80. The molecular formula is C29H32F3N5O3. The molecule has 212 valence electrons. The normalized spacial score (nSPS) is 21.7. The highest BCUT2D eigenvalue weighted by molar-refractivity contribution is 5.98. The standard InChI is InChI=1S/C29H32F3N5O3/c30-29(31,32)21-12-10-19(11-13-21)16-22-17-33-14-15-36(22)27(38)25-26(20-6-2-1-3-7-20)37(18-34-25)24-9-5-4-8-23(24)35-28(39)40/h1-3,6-7,10-13,18,22-24,33,35H,4-5,8-9,14-17H2,(H,39,40)/t22-,23+,24+/m1/s1. The molecular weight excluding hydrogens is 523 g/mol. The Morgan fingerprint density at radius 1 is 1.05 bits per heavy atom. The van der Waals surface area contributed by atoms with Crippen LogP contribution in [-0.2, 0) is 12.6 Å². The first-order chi connectivity index (χ1) is 19.2. The van der Waals surface area contributed by atoms with Crippen molar-refractivity contribution in [3.63, 3.8) is 0 Å². The average Bonchev–Trinajstić information content (AvgIpc) is 3.38. The molecule has 11 heteroatoms. The molecule has 5 rings (SSSR count). The van der Waals surface area contributed by atoms with Crippen LogP contribution in [-0.4, -0.2) is 63.3 Å². The summed E-state index contributed by atoms with van der Waals surface area (Å²) in [5.41, 5.74) is 1.73. The number of imidazole rings is 1. The van der Waals surface area contributed by atoms with Crippen molar-refractivity contribution in [2.75, 3.05) is 19.6 Å². The molecule has 1 saturated carbocycles. The van der Waals surface area contributed by atoms with Crippen LogP contribution in [0.5, 0.6) is 0 Å². The number of alkyl halides is 3. The van der Waals surface area contributed by atoms with E-state index in [1.807, 2.05) is 34.9 Å². The number of piperazine rings is 1. The van der Waals surface area contributed by atoms with Crippen molar-refractivity contribution in [2.45, 2.75) is 56.4 Å². The highest BCUT2D eigenvalue weighted by Gasteiger charge is 2.35. The van der Waals surface area contributed by atoms with E-state index in [-0.39, 0.29) is 29.7 Å². The molecule has 40 heavy (non-hydrogen) atoms. The van der Waals surface area contributed by atoms with Crippen LogP contribution in [0, 0.1) is 0 Å². The zero-order chi connectivity index (χ0) is 28.3. The molecule has 2 amide bonds. The lowest BCUT2D eigenvalue weighted by molar-refractivity contribution is -0.137. The number of carbonyl (C=O) groups is 2. The molecule has 2 fully saturated rings. The summed E-state index contributed by atoms with van der Waals surface area (Å²) in [6.07, 6.45) is -0.169. The Labute approximate surface area is 230 Å². The van der Waals surface area contributed by atoms with Crippen LogP contribution in [0.4, 0.5) is 18.0 Å². The molecule has 1 saturated heterocycles. The fourth-order valence-corrected chi connectivity index (χ4v) is 5.87. The van der Waals surface area contributed by atoms with Gasteiger partial charge in [-0.05, 0) is 37.0 Å². The number of benzene rings is 2. The Morgan fingerprint density at radius 3 is 2.48 bits per heavy atom. The van der Waals surface area contributed by atoms with Crippen LogP contribution in [0.2, 0.25) is 0 Å². The molecule has 1 aliphatic carbocycles. The molecule has 3 N–H and O–H groups in total. The van der Waals surface area contributed by atoms with Crippen molar-refractivity contribution >= 4 is 12.0 Å². The molecule has 2 aliphatic rings. The van der Waals surface area contributed by atoms with Gasteiger partial charge in [-0.15, -0.1) is 0 Å². The largest absolute Gasteiger partial charge is 0.465 e. The van der Waals surface area contributed by atoms with E-state index < -0.39 is 17.8 Å². The Hall–Kier alpha value is -3.86. The molecule has 0 bridgehead atoms. The second-order valence-electron chi connectivity index (χ2n) is 10.4. The van der Waals surface area contributed by atoms with Gasteiger partial charge in [0.05, 0.1) is 29.7 Å². The number of carboxylic acid groups (broad SMARTS) is 1. The summed E-state index contributed by atoms with van der Waals surface area (Å²) in [4.78, 5) is 32.0. The van der Waals surface area contributed by atoms with Gasteiger partial charge in [0.25, 0.3) is 5.91 Å². The molecule has 1 aliphatic heterocycles. The van der Waals surface area contributed by atoms with Crippen molar-refractivity contribution in [3.05, 3.63) is 77.7 Å². The van der Waals surface area contributed by atoms with E-state index in [1.165, 1.54) is 12.1 Å². The maximum Gasteiger partial charge on any atom is 0.416 e. The third-order valence-corrected chi connectivity index (χ3v) is 7.80. The van der Waals surface area contributed by atoms with E-state index in [1.54, 1.807) is 11.2 Å². The fraction of sp³-hybridized carbons (Fsp3) is 0.414. The summed E-state index contributed by atoms with van der Waals surface area (Å²) >= 11 is 0. The second-order valence-corrected chi connectivity index (χ2v) is 10.4. The average molecular weight is 556 g/mol. The summed E-state index contributed by atoms with van der Waals surface area (Å²) in [6, 6.07) is 13.7. The lowest BCUT2D eigenvalue weighted by atomic mass is 9.89. The Kier molecular flexibility index (Phi) is 8.11. The monoisotopic (exact) mass is 555 g/mol. The lowest BCUT2D eigenvalue weighted by Crippen LogP contribution is -2.54. The minimum absolute atomic E-state index is 0.194. The quantitative estimate of drug-likeness (QED) is 0.399. The van der Waals surface area contributed by atoms with Gasteiger partial charge < -0.3 is 25.2 Å². The maximum absolute atomic E-state index is 14.1. The Balaban J connectivity index is 1.46. The molecule has 0 unspecified atom stereocenters. The van der Waals surface area contributed by atoms with E-state index in [0.29, 0.717) is 43.7 Å². The molecule has 0 spiro atoms. The highest BCUT2D eigenvalue weighted by Crippen LogP contribution is 2.35. The second kappa shape index (κ2) is 11.7. The van der Waals surface area contributed by atoms with Gasteiger partial charge in [-0.2, -0.15) is 13.2 Å². The number of aromatic nitrogens is 2. The van der Waals surface area contributed by atoms with E-state index in [2.05, 4.69) is 15.6 Å². The van der Waals surface area contributed by atoms with Crippen LogP contribution in [0.25, 0.3) is 11.3 Å². The third kappa shape index (κ3) is 5.99. The van der Waals surface area contributed by atoms with Crippen LogP contribution in [0.1, 0.15) is 53.3 Å². The van der Waals surface area contributed by atoms with Gasteiger partial charge >= 0.3 is 12.3 Å². The maximum atomic E-state index is 14.1. The summed E-state index contributed by atoms with van der Waals surface area (Å²) in [7, 11) is 0. The van der Waals surface area contributed by atoms with Crippen LogP contribution in [0.15, 0.2) is 60.9 Å². The number of hydrogen-bond donors (Lipinski definition) is 3. The van der Waals surface area contributed by atoms with E-state index in [9.17, 15) is 27.9 Å². The number of hydrogen-bond acceptors (Lipinski definition) is 4. The SMILES string of the molecule is O=C(O)N[C@H]1CCCC[C@@H]1n1cnc(C(=O)N2CCNC[C@H]2Cc2ccc(C(F)(F)F)cc2)c1-c1ccccc1. The molecule has 0 radical (unpaired) electrons. The first-order valence-electron chi connectivity index (χ1n) is 13.5. The number of amides is 2. The van der Waals surface area contributed by atoms with Crippen molar-refractivity contribution < 1.29 is 27.9 Å². The molecule has 2 aromatic carbocycles. The summed E-state index contributed by atoms with van der Waals surface area (Å²) in [6.45, 7) is 1.52. The summed E-state index contributed by atoms with van der Waals surface area (Å²) < 4.78 is 41.0. The fourth-order valence-electron chi connectivity index (χ4n) is 5.87. The zero-order valence-corrected chi connectivity index (χ0v) is 21.9. The minimum Gasteiger partial charge on any atom is -0.465 e. The Bertz CT molecular complexity index is 1330. The van der Waals surface area contributed by atoms with Crippen LogP contribution < -0.4 is 10.6 Å². The van der Waals surface area contributed by atoms with Gasteiger partial charge in [0.15, 0.2) is 5.69 Å². The van der Waals surface area contributed by atoms with Crippen LogP contribution in [0.3, 0.4) is 0 Å². The lowest BCUT2D eigenvalue weighted by Gasteiger charge is -2.36. The summed E-state index contributed by atoms with van der Waals surface area (Å²) in [5, 5.41) is 15.4. The Morgan fingerprint density at radius 2 is 1.77 bits per heavy atom. The number of carbonyl (C=O) groups excluding carboxylic acids is 1. The van der Waals surface area contributed by atoms with Crippen molar-refractivity contribution in [2.24, 2.45) is 0 Å². The van der Waals surface area contributed by atoms with E-state index in [0.717, 1.165) is 37.0 Å². The minimum atomic E-state index is -4.41.